The SMILES string of the molecule is Cc1ccnc(Sc2cc(C)c(F)cc2C(C)N)n1. The first-order valence-electron chi connectivity index (χ1n) is 6.00. The molecule has 0 amide bonds. The predicted octanol–water partition coefficient (Wildman–Crippen LogP) is 3.40. The van der Waals surface area contributed by atoms with Gasteiger partial charge in [-0.15, -0.1) is 0 Å². The fourth-order valence-electron chi connectivity index (χ4n) is 1.69. The lowest BCUT2D eigenvalue weighted by molar-refractivity contribution is 0.610. The first-order valence-corrected chi connectivity index (χ1v) is 6.82. The largest absolute Gasteiger partial charge is 0.324 e. The van der Waals surface area contributed by atoms with Crippen molar-refractivity contribution in [1.29, 1.82) is 0 Å². The summed E-state index contributed by atoms with van der Waals surface area (Å²) in [7, 11) is 0. The highest BCUT2D eigenvalue weighted by atomic mass is 32.2. The molecule has 5 heteroatoms. The summed E-state index contributed by atoms with van der Waals surface area (Å²) in [5.74, 6) is -0.234. The van der Waals surface area contributed by atoms with Gasteiger partial charge >= 0.3 is 0 Å². The van der Waals surface area contributed by atoms with E-state index in [1.54, 1.807) is 19.2 Å². The molecule has 1 unspecified atom stereocenters. The fraction of sp³-hybridized carbons (Fsp3) is 0.286. The molecule has 0 fully saturated rings. The monoisotopic (exact) mass is 277 g/mol. The molecule has 3 nitrogen and oxygen atoms in total. The molecule has 0 aliphatic rings. The van der Waals surface area contributed by atoms with E-state index in [2.05, 4.69) is 9.97 Å². The molecular weight excluding hydrogens is 261 g/mol. The Morgan fingerprint density at radius 2 is 2.05 bits per heavy atom. The summed E-state index contributed by atoms with van der Waals surface area (Å²) in [6.07, 6.45) is 1.71. The van der Waals surface area contributed by atoms with Crippen molar-refractivity contribution in [2.45, 2.75) is 36.9 Å². The zero-order chi connectivity index (χ0) is 14.0. The number of hydrogen-bond donors (Lipinski definition) is 1. The Balaban J connectivity index is 2.41. The second-order valence-corrected chi connectivity index (χ2v) is 5.52. The van der Waals surface area contributed by atoms with Gasteiger partial charge < -0.3 is 5.73 Å². The second-order valence-electron chi connectivity index (χ2n) is 4.51. The molecule has 2 rings (SSSR count). The van der Waals surface area contributed by atoms with Crippen LogP contribution in [-0.4, -0.2) is 9.97 Å². The molecule has 0 spiro atoms. The summed E-state index contributed by atoms with van der Waals surface area (Å²) in [6, 6.07) is 4.90. The number of benzene rings is 1. The quantitative estimate of drug-likeness (QED) is 0.874. The van der Waals surface area contributed by atoms with Gasteiger partial charge in [-0.05, 0) is 61.9 Å². The minimum absolute atomic E-state index is 0.234. The average molecular weight is 277 g/mol. The third kappa shape index (κ3) is 3.30. The molecule has 0 saturated heterocycles. The van der Waals surface area contributed by atoms with Crippen LogP contribution >= 0.6 is 11.8 Å². The molecular formula is C14H16FN3S. The van der Waals surface area contributed by atoms with Crippen LogP contribution in [0.25, 0.3) is 0 Å². The minimum Gasteiger partial charge on any atom is -0.324 e. The molecule has 0 saturated carbocycles. The summed E-state index contributed by atoms with van der Waals surface area (Å²) in [5.41, 5.74) is 8.17. The van der Waals surface area contributed by atoms with Gasteiger partial charge in [-0.3, -0.25) is 0 Å². The molecule has 100 valence electrons. The van der Waals surface area contributed by atoms with Gasteiger partial charge in [0.05, 0.1) is 0 Å². The third-order valence-electron chi connectivity index (χ3n) is 2.76. The van der Waals surface area contributed by atoms with Crippen LogP contribution in [0.1, 0.15) is 29.8 Å². The summed E-state index contributed by atoms with van der Waals surface area (Å²) < 4.78 is 13.6. The van der Waals surface area contributed by atoms with E-state index in [4.69, 9.17) is 5.73 Å². The molecule has 19 heavy (non-hydrogen) atoms. The second kappa shape index (κ2) is 5.67. The number of hydrogen-bond acceptors (Lipinski definition) is 4. The van der Waals surface area contributed by atoms with Crippen molar-refractivity contribution < 1.29 is 4.39 Å². The number of aromatic nitrogens is 2. The van der Waals surface area contributed by atoms with Crippen LogP contribution in [-0.2, 0) is 0 Å². The van der Waals surface area contributed by atoms with Gasteiger partial charge in [0, 0.05) is 22.8 Å². The summed E-state index contributed by atoms with van der Waals surface area (Å²) in [4.78, 5) is 9.45. The number of rotatable bonds is 3. The molecule has 1 heterocycles. The van der Waals surface area contributed by atoms with Crippen molar-refractivity contribution in [2.24, 2.45) is 5.73 Å². The van der Waals surface area contributed by atoms with Gasteiger partial charge in [-0.2, -0.15) is 0 Å². The molecule has 0 aliphatic carbocycles. The van der Waals surface area contributed by atoms with Crippen LogP contribution in [0, 0.1) is 19.7 Å². The van der Waals surface area contributed by atoms with Crippen molar-refractivity contribution in [3.05, 3.63) is 47.0 Å². The minimum atomic E-state index is -0.234. The smallest absolute Gasteiger partial charge is 0.192 e. The van der Waals surface area contributed by atoms with Crippen molar-refractivity contribution >= 4 is 11.8 Å². The lowest BCUT2D eigenvalue weighted by Gasteiger charge is -2.13. The maximum Gasteiger partial charge on any atom is 0.192 e. The van der Waals surface area contributed by atoms with E-state index in [1.165, 1.54) is 17.8 Å². The molecule has 2 aromatic rings. The summed E-state index contributed by atoms with van der Waals surface area (Å²) in [6.45, 7) is 5.49. The Bertz CT molecular complexity index is 599. The van der Waals surface area contributed by atoms with E-state index in [9.17, 15) is 4.39 Å². The first kappa shape index (κ1) is 14.0. The van der Waals surface area contributed by atoms with E-state index in [1.807, 2.05) is 19.9 Å². The van der Waals surface area contributed by atoms with Crippen molar-refractivity contribution in [3.63, 3.8) is 0 Å². The van der Waals surface area contributed by atoms with Crippen LogP contribution in [0.15, 0.2) is 34.4 Å². The highest BCUT2D eigenvalue weighted by Crippen LogP contribution is 2.32. The van der Waals surface area contributed by atoms with Crippen LogP contribution in [0.2, 0.25) is 0 Å². The van der Waals surface area contributed by atoms with E-state index < -0.39 is 0 Å². The third-order valence-corrected chi connectivity index (χ3v) is 3.71. The predicted molar refractivity (Wildman–Crippen MR) is 74.6 cm³/mol. The highest BCUT2D eigenvalue weighted by Gasteiger charge is 2.13. The van der Waals surface area contributed by atoms with Gasteiger partial charge in [0.25, 0.3) is 0 Å². The van der Waals surface area contributed by atoms with Gasteiger partial charge in [-0.25, -0.2) is 14.4 Å². The molecule has 0 aliphatic heterocycles. The zero-order valence-corrected chi connectivity index (χ0v) is 12.0. The van der Waals surface area contributed by atoms with E-state index in [0.29, 0.717) is 10.7 Å². The van der Waals surface area contributed by atoms with Crippen LogP contribution in [0.5, 0.6) is 0 Å². The number of aryl methyl sites for hydroxylation is 2. The fourth-order valence-corrected chi connectivity index (χ4v) is 2.79. The molecule has 0 radical (unpaired) electrons. The molecule has 0 bridgehead atoms. The van der Waals surface area contributed by atoms with Gasteiger partial charge in [0.2, 0.25) is 0 Å². The van der Waals surface area contributed by atoms with Crippen molar-refractivity contribution in [3.8, 4) is 0 Å². The van der Waals surface area contributed by atoms with Crippen molar-refractivity contribution in [1.82, 2.24) is 9.97 Å². The van der Waals surface area contributed by atoms with Crippen LogP contribution in [0.4, 0.5) is 4.39 Å². The maximum atomic E-state index is 13.6. The Kier molecular flexibility index (Phi) is 4.17. The normalized spacial score (nSPS) is 12.5. The Morgan fingerprint density at radius 1 is 1.32 bits per heavy atom. The average Bonchev–Trinajstić information content (AvgIpc) is 2.33. The van der Waals surface area contributed by atoms with Gasteiger partial charge in [-0.1, -0.05) is 0 Å². The van der Waals surface area contributed by atoms with Gasteiger partial charge in [0.15, 0.2) is 5.16 Å². The Morgan fingerprint density at radius 3 is 2.68 bits per heavy atom. The number of halogens is 1. The van der Waals surface area contributed by atoms with E-state index in [0.717, 1.165) is 16.2 Å². The topological polar surface area (TPSA) is 51.8 Å². The molecule has 1 atom stereocenters. The first-order chi connectivity index (χ1) is 8.97. The molecule has 2 N–H and O–H groups in total. The standard InChI is InChI=1S/C14H16FN3S/c1-8-6-13(11(10(3)16)7-12(8)15)19-14-17-5-4-9(2)18-14/h4-7,10H,16H2,1-3H3. The van der Waals surface area contributed by atoms with Crippen molar-refractivity contribution in [2.75, 3.05) is 0 Å². The zero-order valence-electron chi connectivity index (χ0n) is 11.1. The molecule has 1 aromatic carbocycles. The van der Waals surface area contributed by atoms with Crippen LogP contribution in [0.3, 0.4) is 0 Å². The number of nitrogens with zero attached hydrogens (tertiary/aromatic N) is 2. The lowest BCUT2D eigenvalue weighted by atomic mass is 10.1. The number of nitrogens with two attached hydrogens (primary N) is 1. The molecule has 1 aromatic heterocycles. The van der Waals surface area contributed by atoms with E-state index in [-0.39, 0.29) is 11.9 Å². The van der Waals surface area contributed by atoms with Crippen LogP contribution < -0.4 is 5.73 Å². The maximum absolute atomic E-state index is 13.6. The highest BCUT2D eigenvalue weighted by molar-refractivity contribution is 7.99. The summed E-state index contributed by atoms with van der Waals surface area (Å²) in [5, 5.41) is 0.646. The summed E-state index contributed by atoms with van der Waals surface area (Å²) >= 11 is 1.41. The Labute approximate surface area is 116 Å². The van der Waals surface area contributed by atoms with Gasteiger partial charge in [0.1, 0.15) is 5.82 Å². The van der Waals surface area contributed by atoms with E-state index >= 15 is 0 Å². The lowest BCUT2D eigenvalue weighted by Crippen LogP contribution is -2.07. The Hall–Kier alpha value is -1.46.